The number of hydrogen-bond acceptors (Lipinski definition) is 4. The summed E-state index contributed by atoms with van der Waals surface area (Å²) in [6.07, 6.45) is 0.900. The van der Waals surface area contributed by atoms with Crippen molar-refractivity contribution in [3.63, 3.8) is 0 Å². The molecule has 0 aliphatic rings. The number of nitrogens with zero attached hydrogens (tertiary/aromatic N) is 1. The van der Waals surface area contributed by atoms with Crippen LogP contribution in [-0.4, -0.2) is 45.0 Å². The van der Waals surface area contributed by atoms with E-state index in [2.05, 4.69) is 11.0 Å². The summed E-state index contributed by atoms with van der Waals surface area (Å²) in [6.45, 7) is 1.09. The number of hydrogen-bond donors (Lipinski definition) is 0. The Morgan fingerprint density at radius 3 is 2.74 bits per heavy atom. The summed E-state index contributed by atoms with van der Waals surface area (Å²) in [4.78, 5) is 15.6. The van der Waals surface area contributed by atoms with Crippen LogP contribution in [0.3, 0.4) is 0 Å². The van der Waals surface area contributed by atoms with Gasteiger partial charge >= 0.3 is 0 Å². The molecule has 0 unspecified atom stereocenters. The lowest BCUT2D eigenvalue weighted by Crippen LogP contribution is -2.16. The minimum Gasteiger partial charge on any atom is -0.377 e. The minimum absolute atomic E-state index is 0.0775. The Morgan fingerprint density at radius 1 is 1.32 bits per heavy atom. The summed E-state index contributed by atoms with van der Waals surface area (Å²) >= 11 is 1.72. The molecular formula is C15H19NO2S. The van der Waals surface area contributed by atoms with Crippen LogP contribution in [0.25, 0.3) is 10.1 Å². The monoisotopic (exact) mass is 277 g/mol. The van der Waals surface area contributed by atoms with Gasteiger partial charge in [0.25, 0.3) is 0 Å². The maximum atomic E-state index is 12.3. The van der Waals surface area contributed by atoms with Crippen molar-refractivity contribution < 1.29 is 9.53 Å². The average molecular weight is 277 g/mol. The van der Waals surface area contributed by atoms with E-state index in [1.807, 2.05) is 32.3 Å². The highest BCUT2D eigenvalue weighted by Crippen LogP contribution is 2.32. The van der Waals surface area contributed by atoms with Crippen molar-refractivity contribution in [2.24, 2.45) is 0 Å². The van der Waals surface area contributed by atoms with E-state index < -0.39 is 0 Å². The first-order valence-corrected chi connectivity index (χ1v) is 7.12. The third-order valence-corrected chi connectivity index (χ3v) is 4.24. The first-order valence-electron chi connectivity index (χ1n) is 6.30. The molecule has 2 aromatic rings. The van der Waals surface area contributed by atoms with Crippen molar-refractivity contribution >= 4 is 27.2 Å². The van der Waals surface area contributed by atoms with Crippen LogP contribution in [0.2, 0.25) is 0 Å². The number of Topliss-reactive ketones (excluding diaryl/α,β-unsaturated/α-hetero) is 1. The normalized spacial score (nSPS) is 11.4. The van der Waals surface area contributed by atoms with Crippen molar-refractivity contribution in [2.45, 2.75) is 6.42 Å². The molecule has 19 heavy (non-hydrogen) atoms. The van der Waals surface area contributed by atoms with Gasteiger partial charge in [0.15, 0.2) is 5.78 Å². The van der Waals surface area contributed by atoms with E-state index in [4.69, 9.17) is 4.74 Å². The minimum atomic E-state index is 0.0775. The van der Waals surface area contributed by atoms with Gasteiger partial charge < -0.3 is 9.64 Å². The van der Waals surface area contributed by atoms with Gasteiger partial charge in [0, 0.05) is 34.2 Å². The van der Waals surface area contributed by atoms with Gasteiger partial charge in [-0.15, -0.1) is 11.3 Å². The maximum absolute atomic E-state index is 12.3. The summed E-state index contributed by atoms with van der Waals surface area (Å²) in [7, 11) is 5.65. The Labute approximate surface area is 117 Å². The summed E-state index contributed by atoms with van der Waals surface area (Å²) < 4.78 is 6.18. The molecule has 0 bridgehead atoms. The Morgan fingerprint density at radius 2 is 2.05 bits per heavy atom. The third kappa shape index (κ3) is 3.21. The van der Waals surface area contributed by atoms with Crippen LogP contribution in [0, 0.1) is 0 Å². The largest absolute Gasteiger partial charge is 0.377 e. The fourth-order valence-electron chi connectivity index (χ4n) is 2.11. The van der Waals surface area contributed by atoms with Crippen molar-refractivity contribution in [1.29, 1.82) is 0 Å². The van der Waals surface area contributed by atoms with Gasteiger partial charge in [0.1, 0.15) is 6.61 Å². The molecule has 2 rings (SSSR count). The third-order valence-electron chi connectivity index (χ3n) is 3.01. The fourth-order valence-corrected chi connectivity index (χ4v) is 3.32. The number of carbonyl (C=O) groups is 1. The molecule has 102 valence electrons. The van der Waals surface area contributed by atoms with E-state index in [0.717, 1.165) is 28.8 Å². The lowest BCUT2D eigenvalue weighted by atomic mass is 10.1. The Bertz CT molecular complexity index is 575. The van der Waals surface area contributed by atoms with E-state index in [-0.39, 0.29) is 12.4 Å². The van der Waals surface area contributed by atoms with Gasteiger partial charge in [-0.05, 0) is 26.6 Å². The van der Waals surface area contributed by atoms with E-state index >= 15 is 0 Å². The average Bonchev–Trinajstić information content (AvgIpc) is 2.74. The zero-order chi connectivity index (χ0) is 13.8. The molecule has 0 saturated carbocycles. The molecule has 0 fully saturated rings. The second-order valence-electron chi connectivity index (χ2n) is 4.81. The van der Waals surface area contributed by atoms with Crippen LogP contribution in [-0.2, 0) is 11.2 Å². The number of benzene rings is 1. The molecule has 1 aromatic heterocycles. The van der Waals surface area contributed by atoms with Crippen LogP contribution in [0.1, 0.15) is 15.2 Å². The first kappa shape index (κ1) is 14.2. The smallest absolute Gasteiger partial charge is 0.190 e. The molecule has 0 amide bonds. The summed E-state index contributed by atoms with van der Waals surface area (Å²) in [5.74, 6) is 0.0775. The maximum Gasteiger partial charge on any atom is 0.190 e. The van der Waals surface area contributed by atoms with Crippen molar-refractivity contribution in [1.82, 2.24) is 4.90 Å². The number of carbonyl (C=O) groups excluding carboxylic acids is 1. The molecule has 0 spiro atoms. The summed E-state index contributed by atoms with van der Waals surface area (Å²) in [6, 6.07) is 8.09. The Balaban J connectivity index is 2.42. The van der Waals surface area contributed by atoms with E-state index in [1.54, 1.807) is 18.4 Å². The van der Waals surface area contributed by atoms with Crippen LogP contribution in [0.4, 0.5) is 0 Å². The summed E-state index contributed by atoms with van der Waals surface area (Å²) in [5.41, 5.74) is 0.851. The fraction of sp³-hybridized carbons (Fsp3) is 0.400. The van der Waals surface area contributed by atoms with Gasteiger partial charge in [0.2, 0.25) is 0 Å². The van der Waals surface area contributed by atoms with Gasteiger partial charge in [-0.3, -0.25) is 4.79 Å². The molecule has 0 saturated heterocycles. The Hall–Kier alpha value is -1.23. The van der Waals surface area contributed by atoms with Crippen LogP contribution >= 0.6 is 11.3 Å². The SMILES string of the molecule is COCC(=O)c1c(CCN(C)C)sc2ccccc12. The number of ketones is 1. The van der Waals surface area contributed by atoms with Crippen LogP contribution < -0.4 is 0 Å². The molecule has 3 nitrogen and oxygen atoms in total. The number of ether oxygens (including phenoxy) is 1. The van der Waals surface area contributed by atoms with Gasteiger partial charge in [-0.1, -0.05) is 18.2 Å². The number of likely N-dealkylation sites (N-methyl/N-ethyl adjacent to an activating group) is 1. The molecule has 0 N–H and O–H groups in total. The second kappa shape index (κ2) is 6.28. The molecular weight excluding hydrogens is 258 g/mol. The topological polar surface area (TPSA) is 29.5 Å². The van der Waals surface area contributed by atoms with E-state index in [9.17, 15) is 4.79 Å². The molecule has 1 heterocycles. The predicted octanol–water partition coefficient (Wildman–Crippen LogP) is 2.83. The Kier molecular flexibility index (Phi) is 4.69. The first-order chi connectivity index (χ1) is 9.13. The number of rotatable bonds is 6. The predicted molar refractivity (Wildman–Crippen MR) is 80.3 cm³/mol. The van der Waals surface area contributed by atoms with Crippen molar-refractivity contribution in [3.05, 3.63) is 34.7 Å². The lowest BCUT2D eigenvalue weighted by molar-refractivity contribution is 0.0849. The lowest BCUT2D eigenvalue weighted by Gasteiger charge is -2.09. The van der Waals surface area contributed by atoms with Gasteiger partial charge in [-0.25, -0.2) is 0 Å². The zero-order valence-electron chi connectivity index (χ0n) is 11.6. The molecule has 0 aliphatic carbocycles. The van der Waals surface area contributed by atoms with Gasteiger partial charge in [0.05, 0.1) is 0 Å². The highest BCUT2D eigenvalue weighted by Gasteiger charge is 2.18. The number of fused-ring (bicyclic) bond motifs is 1. The van der Waals surface area contributed by atoms with Crippen LogP contribution in [0.15, 0.2) is 24.3 Å². The van der Waals surface area contributed by atoms with Gasteiger partial charge in [-0.2, -0.15) is 0 Å². The highest BCUT2D eigenvalue weighted by molar-refractivity contribution is 7.19. The quantitative estimate of drug-likeness (QED) is 0.760. The molecule has 0 radical (unpaired) electrons. The molecule has 0 atom stereocenters. The molecule has 1 aromatic carbocycles. The second-order valence-corrected chi connectivity index (χ2v) is 5.94. The standard InChI is InChI=1S/C15H19NO2S/c1-16(2)9-8-14-15(12(17)10-18-3)11-6-4-5-7-13(11)19-14/h4-7H,8-10H2,1-3H3. The highest BCUT2D eigenvalue weighted by atomic mass is 32.1. The van der Waals surface area contributed by atoms with Crippen LogP contribution in [0.5, 0.6) is 0 Å². The summed E-state index contributed by atoms with van der Waals surface area (Å²) in [5, 5.41) is 1.06. The van der Waals surface area contributed by atoms with E-state index in [1.165, 1.54) is 4.70 Å². The number of methoxy groups -OCH3 is 1. The van der Waals surface area contributed by atoms with E-state index in [0.29, 0.717) is 0 Å². The van der Waals surface area contributed by atoms with Crippen molar-refractivity contribution in [3.8, 4) is 0 Å². The number of thiophene rings is 1. The van der Waals surface area contributed by atoms with Crippen molar-refractivity contribution in [2.75, 3.05) is 34.4 Å². The molecule has 0 aliphatic heterocycles. The zero-order valence-corrected chi connectivity index (χ0v) is 12.4. The molecule has 4 heteroatoms.